The lowest BCUT2D eigenvalue weighted by atomic mass is 9.96. The average Bonchev–Trinajstić information content (AvgIpc) is 3.14. The number of carbonyl (C=O) groups is 2. The van der Waals surface area contributed by atoms with Crippen LogP contribution in [0.15, 0.2) is 4.52 Å². The molecule has 1 aromatic rings. The number of piperidine rings is 1. The first-order chi connectivity index (χ1) is 13.9. The molecule has 2 aliphatic heterocycles. The summed E-state index contributed by atoms with van der Waals surface area (Å²) in [6.07, 6.45) is 4.76. The van der Waals surface area contributed by atoms with Gasteiger partial charge in [0.05, 0.1) is 0 Å². The SMILES string of the molecule is CC(=O)N(CCc1noc(CC(C)C)n1)C1CCCN(C(=O)C2CCOCC2)C1. The van der Waals surface area contributed by atoms with E-state index in [0.717, 1.165) is 38.6 Å². The minimum absolute atomic E-state index is 0.0289. The smallest absolute Gasteiger partial charge is 0.226 e. The minimum Gasteiger partial charge on any atom is -0.381 e. The number of carbonyl (C=O) groups excluding carboxylic acids is 2. The zero-order chi connectivity index (χ0) is 20.8. The highest BCUT2D eigenvalue weighted by Crippen LogP contribution is 2.23. The fraction of sp³-hybridized carbons (Fsp3) is 0.810. The predicted molar refractivity (Wildman–Crippen MR) is 107 cm³/mol. The first-order valence-corrected chi connectivity index (χ1v) is 10.9. The van der Waals surface area contributed by atoms with Crippen LogP contribution in [0.3, 0.4) is 0 Å². The normalized spacial score (nSPS) is 20.8. The van der Waals surface area contributed by atoms with E-state index in [1.807, 2.05) is 9.80 Å². The van der Waals surface area contributed by atoms with E-state index in [2.05, 4.69) is 24.0 Å². The molecule has 0 aliphatic carbocycles. The van der Waals surface area contributed by atoms with Gasteiger partial charge in [-0.3, -0.25) is 9.59 Å². The number of nitrogens with zero attached hydrogens (tertiary/aromatic N) is 4. The largest absolute Gasteiger partial charge is 0.381 e. The maximum atomic E-state index is 12.9. The average molecular weight is 407 g/mol. The van der Waals surface area contributed by atoms with Crippen molar-refractivity contribution in [2.75, 3.05) is 32.8 Å². The van der Waals surface area contributed by atoms with Crippen molar-refractivity contribution in [3.05, 3.63) is 11.7 Å². The summed E-state index contributed by atoms with van der Waals surface area (Å²) in [5, 5.41) is 4.05. The van der Waals surface area contributed by atoms with Gasteiger partial charge >= 0.3 is 0 Å². The highest BCUT2D eigenvalue weighted by molar-refractivity contribution is 5.79. The van der Waals surface area contributed by atoms with E-state index in [1.165, 1.54) is 0 Å². The fourth-order valence-electron chi connectivity index (χ4n) is 4.25. The minimum atomic E-state index is 0.0289. The van der Waals surface area contributed by atoms with Crippen LogP contribution in [0.5, 0.6) is 0 Å². The van der Waals surface area contributed by atoms with E-state index >= 15 is 0 Å². The molecule has 1 atom stereocenters. The van der Waals surface area contributed by atoms with Crippen LogP contribution in [0.2, 0.25) is 0 Å². The topological polar surface area (TPSA) is 88.8 Å². The van der Waals surface area contributed by atoms with Crippen molar-refractivity contribution in [3.8, 4) is 0 Å². The Labute approximate surface area is 172 Å². The molecule has 2 amide bonds. The number of likely N-dealkylation sites (tertiary alicyclic amines) is 1. The lowest BCUT2D eigenvalue weighted by Crippen LogP contribution is -2.53. The van der Waals surface area contributed by atoms with E-state index in [1.54, 1.807) is 6.92 Å². The fourth-order valence-corrected chi connectivity index (χ4v) is 4.25. The number of amides is 2. The number of hydrogen-bond acceptors (Lipinski definition) is 6. The van der Waals surface area contributed by atoms with Gasteiger partial charge in [0.25, 0.3) is 0 Å². The molecule has 0 spiro atoms. The van der Waals surface area contributed by atoms with Crippen LogP contribution in [-0.2, 0) is 27.2 Å². The van der Waals surface area contributed by atoms with Gasteiger partial charge in [0, 0.05) is 64.6 Å². The van der Waals surface area contributed by atoms with Gasteiger partial charge in [-0.15, -0.1) is 0 Å². The lowest BCUT2D eigenvalue weighted by molar-refractivity contribution is -0.143. The molecule has 1 aromatic heterocycles. The molecular weight excluding hydrogens is 372 g/mol. The third-order valence-corrected chi connectivity index (χ3v) is 5.79. The molecule has 29 heavy (non-hydrogen) atoms. The second kappa shape index (κ2) is 10.2. The Morgan fingerprint density at radius 3 is 2.69 bits per heavy atom. The van der Waals surface area contributed by atoms with Crippen LogP contribution in [0.4, 0.5) is 0 Å². The maximum absolute atomic E-state index is 12.9. The number of ether oxygens (including phenoxy) is 1. The summed E-state index contributed by atoms with van der Waals surface area (Å²) in [4.78, 5) is 33.5. The monoisotopic (exact) mass is 406 g/mol. The van der Waals surface area contributed by atoms with Crippen LogP contribution in [0.1, 0.15) is 58.2 Å². The first-order valence-electron chi connectivity index (χ1n) is 10.9. The van der Waals surface area contributed by atoms with Gasteiger partial charge in [-0.2, -0.15) is 4.98 Å². The Balaban J connectivity index is 1.57. The van der Waals surface area contributed by atoms with Gasteiger partial charge < -0.3 is 19.1 Å². The van der Waals surface area contributed by atoms with Gasteiger partial charge in [0.1, 0.15) is 0 Å². The molecule has 2 fully saturated rings. The molecule has 0 aromatic carbocycles. The van der Waals surface area contributed by atoms with Crippen LogP contribution in [0, 0.1) is 11.8 Å². The highest BCUT2D eigenvalue weighted by Gasteiger charge is 2.33. The molecule has 1 unspecified atom stereocenters. The predicted octanol–water partition coefficient (Wildman–Crippen LogP) is 2.08. The van der Waals surface area contributed by atoms with E-state index < -0.39 is 0 Å². The molecule has 8 nitrogen and oxygen atoms in total. The Bertz CT molecular complexity index is 684. The van der Waals surface area contributed by atoms with Gasteiger partial charge in [-0.05, 0) is 31.6 Å². The molecule has 2 aliphatic rings. The number of aromatic nitrogens is 2. The third kappa shape index (κ3) is 6.01. The van der Waals surface area contributed by atoms with Gasteiger partial charge in [0.2, 0.25) is 17.7 Å². The van der Waals surface area contributed by atoms with Crippen molar-refractivity contribution >= 4 is 11.8 Å². The molecule has 0 saturated carbocycles. The second-order valence-corrected chi connectivity index (χ2v) is 8.63. The summed E-state index contributed by atoms with van der Waals surface area (Å²) in [5.41, 5.74) is 0. The first kappa shape index (κ1) is 21.7. The van der Waals surface area contributed by atoms with Gasteiger partial charge in [-0.25, -0.2) is 0 Å². The van der Waals surface area contributed by atoms with Crippen molar-refractivity contribution < 1.29 is 18.8 Å². The molecule has 8 heteroatoms. The molecule has 2 saturated heterocycles. The zero-order valence-corrected chi connectivity index (χ0v) is 17.9. The summed E-state index contributed by atoms with van der Waals surface area (Å²) in [6, 6.07) is 0.0482. The number of rotatable bonds is 7. The number of hydrogen-bond donors (Lipinski definition) is 0. The summed E-state index contributed by atoms with van der Waals surface area (Å²) in [6.45, 7) is 9.07. The van der Waals surface area contributed by atoms with Crippen molar-refractivity contribution in [1.29, 1.82) is 0 Å². The Morgan fingerprint density at radius 1 is 1.24 bits per heavy atom. The van der Waals surface area contributed by atoms with Gasteiger partial charge in [0.15, 0.2) is 5.82 Å². The molecule has 0 bridgehead atoms. The molecular formula is C21H34N4O4. The van der Waals surface area contributed by atoms with E-state index in [9.17, 15) is 9.59 Å². The Hall–Kier alpha value is -1.96. The summed E-state index contributed by atoms with van der Waals surface area (Å²) in [7, 11) is 0. The zero-order valence-electron chi connectivity index (χ0n) is 17.9. The molecule has 0 radical (unpaired) electrons. The van der Waals surface area contributed by atoms with E-state index in [0.29, 0.717) is 50.4 Å². The lowest BCUT2D eigenvalue weighted by Gasteiger charge is -2.40. The Morgan fingerprint density at radius 2 is 2.00 bits per heavy atom. The standard InChI is InChI=1S/C21H34N4O4/c1-15(2)13-20-22-19(23-29-20)6-10-25(16(3)26)18-5-4-9-24(14-18)21(27)17-7-11-28-12-8-17/h15,17-18H,4-14H2,1-3H3. The highest BCUT2D eigenvalue weighted by atomic mass is 16.5. The summed E-state index contributed by atoms with van der Waals surface area (Å²) < 4.78 is 10.7. The second-order valence-electron chi connectivity index (χ2n) is 8.63. The Kier molecular flexibility index (Phi) is 7.64. The summed E-state index contributed by atoms with van der Waals surface area (Å²) in [5.74, 6) is 2.05. The molecule has 3 heterocycles. The quantitative estimate of drug-likeness (QED) is 0.689. The molecule has 0 N–H and O–H groups in total. The van der Waals surface area contributed by atoms with Crippen molar-refractivity contribution in [2.45, 2.75) is 65.3 Å². The van der Waals surface area contributed by atoms with Crippen LogP contribution >= 0.6 is 0 Å². The van der Waals surface area contributed by atoms with Crippen molar-refractivity contribution in [1.82, 2.24) is 19.9 Å². The van der Waals surface area contributed by atoms with Crippen LogP contribution < -0.4 is 0 Å². The molecule has 162 valence electrons. The van der Waals surface area contributed by atoms with Crippen LogP contribution in [0.25, 0.3) is 0 Å². The van der Waals surface area contributed by atoms with E-state index in [4.69, 9.17) is 9.26 Å². The maximum Gasteiger partial charge on any atom is 0.226 e. The molecule has 3 rings (SSSR count). The van der Waals surface area contributed by atoms with Crippen molar-refractivity contribution in [2.24, 2.45) is 11.8 Å². The van der Waals surface area contributed by atoms with Crippen LogP contribution in [-0.4, -0.2) is 70.6 Å². The van der Waals surface area contributed by atoms with Gasteiger partial charge in [-0.1, -0.05) is 19.0 Å². The van der Waals surface area contributed by atoms with Crippen molar-refractivity contribution in [3.63, 3.8) is 0 Å². The third-order valence-electron chi connectivity index (χ3n) is 5.79. The van der Waals surface area contributed by atoms with E-state index in [-0.39, 0.29) is 23.8 Å². The summed E-state index contributed by atoms with van der Waals surface area (Å²) >= 11 is 0.